The number of hydrogen-bond donors (Lipinski definition) is 0. The zero-order valence-corrected chi connectivity index (χ0v) is 14.5. The summed E-state index contributed by atoms with van der Waals surface area (Å²) in [5, 5.41) is 0. The Balaban J connectivity index is 1.56. The lowest BCUT2D eigenvalue weighted by atomic mass is 9.97. The van der Waals surface area contributed by atoms with E-state index in [1.165, 1.54) is 30.8 Å². The molecule has 0 bridgehead atoms. The smallest absolute Gasteiger partial charge is 0.113 e. The van der Waals surface area contributed by atoms with Crippen LogP contribution < -0.4 is 0 Å². The zero-order chi connectivity index (χ0) is 16.6. The van der Waals surface area contributed by atoms with Crippen LogP contribution in [0.4, 0.5) is 0 Å². The van der Waals surface area contributed by atoms with Crippen LogP contribution in [0.3, 0.4) is 0 Å². The fourth-order valence-electron chi connectivity index (χ4n) is 3.39. The fourth-order valence-corrected chi connectivity index (χ4v) is 3.39. The first-order valence-electron chi connectivity index (χ1n) is 8.80. The number of aromatic nitrogens is 2. The van der Waals surface area contributed by atoms with Crippen molar-refractivity contribution in [3.8, 4) is 0 Å². The van der Waals surface area contributed by atoms with Crippen molar-refractivity contribution >= 4 is 6.08 Å². The molecule has 2 aromatic rings. The summed E-state index contributed by atoms with van der Waals surface area (Å²) >= 11 is 0. The quantitative estimate of drug-likeness (QED) is 0.781. The van der Waals surface area contributed by atoms with Crippen LogP contribution in [-0.2, 0) is 11.3 Å². The molecule has 1 aromatic heterocycles. The Labute approximate surface area is 144 Å². The van der Waals surface area contributed by atoms with E-state index in [1.807, 2.05) is 6.20 Å². The van der Waals surface area contributed by atoms with E-state index in [-0.39, 0.29) is 0 Å². The highest BCUT2D eigenvalue weighted by molar-refractivity contribution is 5.48. The molecule has 1 aliphatic rings. The normalized spacial score (nSPS) is 19.1. The van der Waals surface area contributed by atoms with Crippen LogP contribution in [-0.4, -0.2) is 47.8 Å². The second kappa shape index (κ2) is 8.81. The largest absolute Gasteiger partial charge is 0.383 e. The van der Waals surface area contributed by atoms with Gasteiger partial charge in [-0.25, -0.2) is 4.98 Å². The Kier molecular flexibility index (Phi) is 6.21. The molecule has 3 rings (SSSR count). The summed E-state index contributed by atoms with van der Waals surface area (Å²) < 4.78 is 7.45. The maximum Gasteiger partial charge on any atom is 0.113 e. The third-order valence-electron chi connectivity index (χ3n) is 4.63. The molecule has 128 valence electrons. The molecule has 1 atom stereocenters. The van der Waals surface area contributed by atoms with Gasteiger partial charge < -0.3 is 9.30 Å². The Morgan fingerprint density at radius 1 is 1.29 bits per heavy atom. The summed E-state index contributed by atoms with van der Waals surface area (Å²) in [6.45, 7) is 4.89. The van der Waals surface area contributed by atoms with Crippen LogP contribution in [0, 0.1) is 0 Å². The van der Waals surface area contributed by atoms with Crippen LogP contribution in [0.2, 0.25) is 0 Å². The van der Waals surface area contributed by atoms with E-state index < -0.39 is 0 Å². The maximum atomic E-state index is 5.21. The van der Waals surface area contributed by atoms with Crippen molar-refractivity contribution in [1.82, 2.24) is 14.5 Å². The standard InChI is InChI=1S/C20H27N3O/c1-24-16-15-23-14-11-21-20(23)19-10-6-13-22(17-19)12-5-9-18-7-3-2-4-8-18/h2-5,7-9,11,14,19H,6,10,12-13,15-17H2,1H3/b9-5+/t19-/m1/s1. The van der Waals surface area contributed by atoms with E-state index in [2.05, 4.69) is 63.1 Å². The summed E-state index contributed by atoms with van der Waals surface area (Å²) in [5.41, 5.74) is 1.26. The molecular formula is C20H27N3O. The third kappa shape index (κ3) is 4.56. The molecule has 0 aliphatic carbocycles. The first-order chi connectivity index (χ1) is 11.9. The number of piperidine rings is 1. The van der Waals surface area contributed by atoms with Gasteiger partial charge in [-0.1, -0.05) is 42.5 Å². The molecule has 0 amide bonds. The summed E-state index contributed by atoms with van der Waals surface area (Å²) in [6.07, 6.45) is 10.9. The number of ether oxygens (including phenoxy) is 1. The number of benzene rings is 1. The number of rotatable bonds is 7. The van der Waals surface area contributed by atoms with Gasteiger partial charge in [-0.05, 0) is 24.9 Å². The Bertz CT molecular complexity index is 635. The summed E-state index contributed by atoms with van der Waals surface area (Å²) in [6, 6.07) is 10.5. The molecule has 4 heteroatoms. The van der Waals surface area contributed by atoms with Crippen molar-refractivity contribution in [1.29, 1.82) is 0 Å². The van der Waals surface area contributed by atoms with Gasteiger partial charge in [0, 0.05) is 45.1 Å². The minimum Gasteiger partial charge on any atom is -0.383 e. The van der Waals surface area contributed by atoms with E-state index in [9.17, 15) is 0 Å². The van der Waals surface area contributed by atoms with E-state index in [4.69, 9.17) is 4.74 Å². The molecule has 1 aromatic carbocycles. The number of imidazole rings is 1. The monoisotopic (exact) mass is 325 g/mol. The second-order valence-electron chi connectivity index (χ2n) is 6.38. The molecule has 24 heavy (non-hydrogen) atoms. The van der Waals surface area contributed by atoms with Crippen molar-refractivity contribution in [2.24, 2.45) is 0 Å². The lowest BCUT2D eigenvalue weighted by molar-refractivity contribution is 0.182. The second-order valence-corrected chi connectivity index (χ2v) is 6.38. The average molecular weight is 325 g/mol. The third-order valence-corrected chi connectivity index (χ3v) is 4.63. The van der Waals surface area contributed by atoms with Crippen molar-refractivity contribution in [3.05, 3.63) is 60.2 Å². The SMILES string of the molecule is COCCn1ccnc1[C@@H]1CCCN(C/C=C/c2ccccc2)C1. The molecular weight excluding hydrogens is 298 g/mol. The Morgan fingerprint density at radius 3 is 3.00 bits per heavy atom. The fraction of sp³-hybridized carbons (Fsp3) is 0.450. The predicted octanol–water partition coefficient (Wildman–Crippen LogP) is 3.42. The molecule has 0 unspecified atom stereocenters. The van der Waals surface area contributed by atoms with Gasteiger partial charge in [-0.15, -0.1) is 0 Å². The average Bonchev–Trinajstić information content (AvgIpc) is 3.10. The van der Waals surface area contributed by atoms with Crippen LogP contribution >= 0.6 is 0 Å². The van der Waals surface area contributed by atoms with Crippen LogP contribution in [0.15, 0.2) is 48.8 Å². The van der Waals surface area contributed by atoms with E-state index in [0.29, 0.717) is 5.92 Å². The van der Waals surface area contributed by atoms with Gasteiger partial charge >= 0.3 is 0 Å². The minimum absolute atomic E-state index is 0.524. The first kappa shape index (κ1) is 16.9. The zero-order valence-electron chi connectivity index (χ0n) is 14.5. The van der Waals surface area contributed by atoms with Gasteiger partial charge in [0.1, 0.15) is 5.82 Å². The topological polar surface area (TPSA) is 30.3 Å². The van der Waals surface area contributed by atoms with E-state index >= 15 is 0 Å². The molecule has 0 N–H and O–H groups in total. The number of nitrogens with zero attached hydrogens (tertiary/aromatic N) is 3. The van der Waals surface area contributed by atoms with Gasteiger partial charge in [0.25, 0.3) is 0 Å². The van der Waals surface area contributed by atoms with Crippen LogP contribution in [0.1, 0.15) is 30.1 Å². The minimum atomic E-state index is 0.524. The van der Waals surface area contributed by atoms with Crippen molar-refractivity contribution < 1.29 is 4.74 Å². The van der Waals surface area contributed by atoms with Crippen LogP contribution in [0.25, 0.3) is 6.08 Å². The summed E-state index contributed by atoms with van der Waals surface area (Å²) in [7, 11) is 1.75. The predicted molar refractivity (Wildman–Crippen MR) is 98.0 cm³/mol. The molecule has 0 saturated carbocycles. The van der Waals surface area contributed by atoms with Gasteiger partial charge in [0.05, 0.1) is 6.61 Å². The summed E-state index contributed by atoms with van der Waals surface area (Å²) in [5.74, 6) is 1.74. The van der Waals surface area contributed by atoms with E-state index in [0.717, 1.165) is 26.2 Å². The highest BCUT2D eigenvalue weighted by atomic mass is 16.5. The number of hydrogen-bond acceptors (Lipinski definition) is 3. The van der Waals surface area contributed by atoms with Gasteiger partial charge in [-0.3, -0.25) is 4.90 Å². The molecule has 0 radical (unpaired) electrons. The van der Waals surface area contributed by atoms with Gasteiger partial charge in [-0.2, -0.15) is 0 Å². The lowest BCUT2D eigenvalue weighted by Gasteiger charge is -2.31. The summed E-state index contributed by atoms with van der Waals surface area (Å²) in [4.78, 5) is 7.15. The van der Waals surface area contributed by atoms with Gasteiger partial charge in [0.2, 0.25) is 0 Å². The molecule has 1 fully saturated rings. The maximum absolute atomic E-state index is 5.21. The molecule has 1 saturated heterocycles. The van der Waals surface area contributed by atoms with E-state index in [1.54, 1.807) is 7.11 Å². The highest BCUT2D eigenvalue weighted by Gasteiger charge is 2.23. The highest BCUT2D eigenvalue weighted by Crippen LogP contribution is 2.25. The van der Waals surface area contributed by atoms with Gasteiger partial charge in [0.15, 0.2) is 0 Å². The van der Waals surface area contributed by atoms with Crippen molar-refractivity contribution in [2.45, 2.75) is 25.3 Å². The van der Waals surface area contributed by atoms with Crippen molar-refractivity contribution in [3.63, 3.8) is 0 Å². The lowest BCUT2D eigenvalue weighted by Crippen LogP contribution is -2.35. The van der Waals surface area contributed by atoms with Crippen LogP contribution in [0.5, 0.6) is 0 Å². The molecule has 4 nitrogen and oxygen atoms in total. The molecule has 2 heterocycles. The number of methoxy groups -OCH3 is 1. The first-order valence-corrected chi connectivity index (χ1v) is 8.80. The number of likely N-dealkylation sites (tertiary alicyclic amines) is 1. The molecule has 1 aliphatic heterocycles. The molecule has 0 spiro atoms. The Hall–Kier alpha value is -1.91. The van der Waals surface area contributed by atoms with Crippen molar-refractivity contribution in [2.75, 3.05) is 33.4 Å². The Morgan fingerprint density at radius 2 is 2.17 bits per heavy atom.